The summed E-state index contributed by atoms with van der Waals surface area (Å²) in [7, 11) is 0. The summed E-state index contributed by atoms with van der Waals surface area (Å²) in [5.74, 6) is -0.208. The van der Waals surface area contributed by atoms with Crippen LogP contribution in [0.3, 0.4) is 0 Å². The maximum atomic E-state index is 11.4. The van der Waals surface area contributed by atoms with Gasteiger partial charge in [0.05, 0.1) is 0 Å². The maximum absolute atomic E-state index is 11.4. The molecule has 0 atom stereocenters. The molecule has 0 aromatic rings. The van der Waals surface area contributed by atoms with Gasteiger partial charge < -0.3 is 9.59 Å². The van der Waals surface area contributed by atoms with Crippen molar-refractivity contribution >= 4 is 11.6 Å². The van der Waals surface area contributed by atoms with Gasteiger partial charge in [-0.3, -0.25) is 6.42 Å². The Morgan fingerprint density at radius 2 is 1.00 bits per heavy atom. The molecule has 14 heavy (non-hydrogen) atoms. The molecule has 0 heterocycles. The van der Waals surface area contributed by atoms with Gasteiger partial charge in [-0.2, -0.15) is 0 Å². The van der Waals surface area contributed by atoms with E-state index in [9.17, 15) is 9.59 Å². The van der Waals surface area contributed by atoms with E-state index in [1.165, 1.54) is 6.42 Å². The van der Waals surface area contributed by atoms with Gasteiger partial charge in [-0.25, -0.2) is 0 Å². The number of ketones is 2. The summed E-state index contributed by atoms with van der Waals surface area (Å²) in [6.07, 6.45) is 1.22. The Labute approximate surface area is 136 Å². The Kier molecular flexibility index (Phi) is 7.37. The molecule has 0 unspecified atom stereocenters. The Hall–Kier alpha value is 1.02. The minimum atomic E-state index is -0.457. The number of hydrogen-bond acceptors (Lipinski definition) is 2. The summed E-state index contributed by atoms with van der Waals surface area (Å²) in [6, 6.07) is 0. The minimum absolute atomic E-state index is 0. The van der Waals surface area contributed by atoms with Gasteiger partial charge in [0.25, 0.3) is 0 Å². The van der Waals surface area contributed by atoms with Gasteiger partial charge in [-0.1, -0.05) is 41.5 Å². The molecule has 0 spiro atoms. The van der Waals surface area contributed by atoms with Gasteiger partial charge in [-0.15, -0.1) is 0 Å². The van der Waals surface area contributed by atoms with Crippen molar-refractivity contribution in [3.05, 3.63) is 6.42 Å². The number of rotatable bonds is 2. The third-order valence-electron chi connectivity index (χ3n) is 1.74. The average molecular weight is 269 g/mol. The first-order chi connectivity index (χ1) is 5.55. The Balaban J connectivity index is 0. The van der Waals surface area contributed by atoms with E-state index >= 15 is 0 Å². The molecular weight excluding hydrogens is 250 g/mol. The SMILES string of the molecule is CC(C)(C)C(=O)[CH-]C(=O)C(C)(C)C.[Rb+]. The van der Waals surface area contributed by atoms with Crippen LogP contribution in [0.5, 0.6) is 0 Å². The first-order valence-electron chi connectivity index (χ1n) is 4.49. The van der Waals surface area contributed by atoms with E-state index in [0.717, 1.165) is 0 Å². The molecule has 0 saturated carbocycles. The van der Waals surface area contributed by atoms with Crippen molar-refractivity contribution in [2.24, 2.45) is 10.8 Å². The molecule has 0 aliphatic rings. The first-order valence-corrected chi connectivity index (χ1v) is 4.49. The third-order valence-corrected chi connectivity index (χ3v) is 1.74. The number of Topliss-reactive ketones (excluding diaryl/α,β-unsaturated/α-hetero) is 2. The molecule has 0 aromatic carbocycles. The summed E-state index contributed by atoms with van der Waals surface area (Å²) in [5, 5.41) is 0. The summed E-state index contributed by atoms with van der Waals surface area (Å²) in [6.45, 7) is 10.8. The molecule has 0 amide bonds. The summed E-state index contributed by atoms with van der Waals surface area (Å²) in [4.78, 5) is 22.9. The van der Waals surface area contributed by atoms with Crippen molar-refractivity contribution in [1.29, 1.82) is 0 Å². The van der Waals surface area contributed by atoms with Crippen LogP contribution in [0.4, 0.5) is 0 Å². The fourth-order valence-corrected chi connectivity index (χ4v) is 0.552. The van der Waals surface area contributed by atoms with E-state index in [4.69, 9.17) is 0 Å². The molecule has 0 bridgehead atoms. The quantitative estimate of drug-likeness (QED) is 0.496. The van der Waals surface area contributed by atoms with Crippen LogP contribution in [-0.4, -0.2) is 11.6 Å². The van der Waals surface area contributed by atoms with Crippen molar-refractivity contribution in [3.8, 4) is 0 Å². The summed E-state index contributed by atoms with van der Waals surface area (Å²) in [5.41, 5.74) is -0.915. The van der Waals surface area contributed by atoms with Gasteiger partial charge >= 0.3 is 58.2 Å². The van der Waals surface area contributed by atoms with Crippen LogP contribution in [0.2, 0.25) is 0 Å². The normalized spacial score (nSPS) is 11.6. The second-order valence-corrected chi connectivity index (χ2v) is 5.37. The van der Waals surface area contributed by atoms with Crippen LogP contribution in [-0.2, 0) is 9.59 Å². The first kappa shape index (κ1) is 17.4. The van der Waals surface area contributed by atoms with Crippen LogP contribution in [0.25, 0.3) is 0 Å². The zero-order valence-corrected chi connectivity index (χ0v) is 15.3. The monoisotopic (exact) mass is 268 g/mol. The van der Waals surface area contributed by atoms with Gasteiger partial charge in [-0.05, 0) is 10.8 Å². The average Bonchev–Trinajstić information content (AvgIpc) is 1.82. The Morgan fingerprint density at radius 3 is 1.14 bits per heavy atom. The van der Waals surface area contributed by atoms with Crippen molar-refractivity contribution < 1.29 is 67.8 Å². The van der Waals surface area contributed by atoms with Gasteiger partial charge in [0.1, 0.15) is 0 Å². The summed E-state index contributed by atoms with van der Waals surface area (Å²) >= 11 is 0. The minimum Gasteiger partial charge on any atom is -0.333 e. The molecule has 2 nitrogen and oxygen atoms in total. The van der Waals surface area contributed by atoms with Crippen LogP contribution in [0.15, 0.2) is 0 Å². The zero-order chi connectivity index (χ0) is 10.9. The van der Waals surface area contributed by atoms with E-state index in [1.54, 1.807) is 0 Å². The van der Waals surface area contributed by atoms with Crippen molar-refractivity contribution in [3.63, 3.8) is 0 Å². The number of hydrogen-bond donors (Lipinski definition) is 0. The molecule has 0 radical (unpaired) electrons. The predicted octanol–water partition coefficient (Wildman–Crippen LogP) is -0.575. The van der Waals surface area contributed by atoms with E-state index < -0.39 is 10.8 Å². The van der Waals surface area contributed by atoms with Gasteiger partial charge in [0.2, 0.25) is 0 Å². The fraction of sp³-hybridized carbons (Fsp3) is 0.727. The Bertz CT molecular complexity index is 194. The standard InChI is InChI=1S/C11H19O2.Rb/c1-10(2,3)8(12)7-9(13)11(4,5)6;/h7H,1-6H3;/q-1;+1. The van der Waals surface area contributed by atoms with E-state index in [-0.39, 0.29) is 69.8 Å². The molecule has 0 aliphatic carbocycles. The van der Waals surface area contributed by atoms with Crippen molar-refractivity contribution in [2.45, 2.75) is 41.5 Å². The molecule has 0 aromatic heterocycles. The maximum Gasteiger partial charge on any atom is 1.00 e. The smallest absolute Gasteiger partial charge is 0.333 e. The van der Waals surface area contributed by atoms with E-state index in [2.05, 4.69) is 0 Å². The largest absolute Gasteiger partial charge is 1.00 e. The topological polar surface area (TPSA) is 34.1 Å². The van der Waals surface area contributed by atoms with Crippen LogP contribution < -0.4 is 58.2 Å². The molecule has 0 aliphatic heterocycles. The molecule has 0 rings (SSSR count). The van der Waals surface area contributed by atoms with Gasteiger partial charge in [0.15, 0.2) is 0 Å². The molecule has 76 valence electrons. The number of carbonyl (C=O) groups is 2. The second-order valence-electron chi connectivity index (χ2n) is 5.37. The third kappa shape index (κ3) is 6.49. The predicted molar refractivity (Wildman–Crippen MR) is 53.2 cm³/mol. The van der Waals surface area contributed by atoms with E-state index in [0.29, 0.717) is 0 Å². The molecule has 3 heteroatoms. The molecular formula is C11H19O2Rb. The molecule has 0 fully saturated rings. The second kappa shape index (κ2) is 5.93. The van der Waals surface area contributed by atoms with Crippen LogP contribution >= 0.6 is 0 Å². The van der Waals surface area contributed by atoms with Gasteiger partial charge in [0, 0.05) is 11.6 Å². The zero-order valence-electron chi connectivity index (χ0n) is 10.4. The molecule has 0 N–H and O–H groups in total. The Morgan fingerprint density at radius 1 is 0.786 bits per heavy atom. The molecule has 0 saturated heterocycles. The van der Waals surface area contributed by atoms with Crippen molar-refractivity contribution in [2.75, 3.05) is 0 Å². The van der Waals surface area contributed by atoms with E-state index in [1.807, 2.05) is 41.5 Å². The van der Waals surface area contributed by atoms with Crippen LogP contribution in [0.1, 0.15) is 41.5 Å². The van der Waals surface area contributed by atoms with Crippen molar-refractivity contribution in [1.82, 2.24) is 0 Å². The summed E-state index contributed by atoms with van der Waals surface area (Å²) < 4.78 is 0. The number of carbonyl (C=O) groups excluding carboxylic acids is 2. The fourth-order valence-electron chi connectivity index (χ4n) is 0.552. The van der Waals surface area contributed by atoms with Crippen LogP contribution in [0, 0.1) is 17.3 Å².